The van der Waals surface area contributed by atoms with Crippen LogP contribution in [0.1, 0.15) is 70.9 Å². The van der Waals surface area contributed by atoms with E-state index in [2.05, 4.69) is 33.5 Å². The third-order valence-corrected chi connectivity index (χ3v) is 13.6. The van der Waals surface area contributed by atoms with E-state index in [1.165, 1.54) is 11.1 Å². The average Bonchev–Trinajstić information content (AvgIpc) is 3.43. The maximum atomic E-state index is 14.5. The minimum atomic E-state index is -3.24. The van der Waals surface area contributed by atoms with Crippen LogP contribution in [0, 0.1) is 17.8 Å². The van der Waals surface area contributed by atoms with E-state index in [4.69, 9.17) is 21.1 Å². The first kappa shape index (κ1) is 34.1. The second-order valence-electron chi connectivity index (χ2n) is 14.7. The quantitative estimate of drug-likeness (QED) is 0.210. The highest BCUT2D eigenvalue weighted by atomic mass is 35.5. The predicted octanol–water partition coefficient (Wildman–Crippen LogP) is 7.28. The van der Waals surface area contributed by atoms with Gasteiger partial charge in [0.15, 0.2) is 5.78 Å². The summed E-state index contributed by atoms with van der Waals surface area (Å²) < 4.78 is 33.4. The summed E-state index contributed by atoms with van der Waals surface area (Å²) in [6.07, 6.45) is 13.6. The molecule has 0 saturated heterocycles. The third kappa shape index (κ3) is 6.99. The molecule has 4 aliphatic rings. The van der Waals surface area contributed by atoms with Crippen LogP contribution in [-0.2, 0) is 33.3 Å². The molecule has 2 bridgehead atoms. The predicted molar refractivity (Wildman–Crippen MR) is 195 cm³/mol. The number of ketones is 1. The van der Waals surface area contributed by atoms with E-state index in [1.807, 2.05) is 32.2 Å². The summed E-state index contributed by atoms with van der Waals surface area (Å²) in [6, 6.07) is 13.4. The van der Waals surface area contributed by atoms with Gasteiger partial charge in [-0.15, -0.1) is 0 Å². The number of allylic oxidation sites excluding steroid dienone is 1. The normalized spacial score (nSPS) is 30.6. The number of nitrogens with zero attached hydrogens (tertiary/aromatic N) is 3. The number of amides is 1. The van der Waals surface area contributed by atoms with E-state index in [0.717, 1.165) is 61.7 Å². The smallest absolute Gasteiger partial charge is 0.285 e. The molecule has 7 rings (SSSR count). The van der Waals surface area contributed by atoms with Crippen LogP contribution in [-0.4, -0.2) is 64.9 Å². The van der Waals surface area contributed by atoms with E-state index < -0.39 is 15.6 Å². The van der Waals surface area contributed by atoms with Gasteiger partial charge in [0.1, 0.15) is 5.75 Å². The second-order valence-corrected chi connectivity index (χ2v) is 17.5. The van der Waals surface area contributed by atoms with Crippen molar-refractivity contribution in [1.82, 2.24) is 4.57 Å². The lowest BCUT2D eigenvalue weighted by Gasteiger charge is -2.46. The van der Waals surface area contributed by atoms with Crippen LogP contribution in [0.3, 0.4) is 0 Å². The molecule has 1 aromatic heterocycles. The molecule has 1 spiro atoms. The summed E-state index contributed by atoms with van der Waals surface area (Å²) in [5.74, 6) is 0.401. The van der Waals surface area contributed by atoms with Crippen LogP contribution < -0.4 is 9.64 Å². The van der Waals surface area contributed by atoms with Gasteiger partial charge in [-0.2, -0.15) is 4.36 Å². The summed E-state index contributed by atoms with van der Waals surface area (Å²) >= 11 is 6.45. The molecule has 1 fully saturated rings. The van der Waals surface area contributed by atoms with Gasteiger partial charge in [-0.25, -0.2) is 4.21 Å². The fourth-order valence-corrected chi connectivity index (χ4v) is 10.9. The van der Waals surface area contributed by atoms with E-state index in [-0.39, 0.29) is 34.7 Å². The first-order chi connectivity index (χ1) is 23.5. The van der Waals surface area contributed by atoms with Crippen molar-refractivity contribution in [3.05, 3.63) is 94.3 Å². The number of anilines is 1. The summed E-state index contributed by atoms with van der Waals surface area (Å²) in [5.41, 5.74) is 3.98. The van der Waals surface area contributed by atoms with E-state index >= 15 is 0 Å². The number of Topliss-reactive ketones (excluding diaryl/α,β-unsaturated/α-hetero) is 1. The van der Waals surface area contributed by atoms with E-state index in [0.29, 0.717) is 36.0 Å². The van der Waals surface area contributed by atoms with Gasteiger partial charge in [0.25, 0.3) is 5.91 Å². The van der Waals surface area contributed by atoms with Crippen molar-refractivity contribution in [2.75, 3.05) is 43.2 Å². The first-order valence-electron chi connectivity index (χ1n) is 17.5. The lowest BCUT2D eigenvalue weighted by atomic mass is 9.68. The monoisotopic (exact) mass is 703 g/mol. The highest BCUT2D eigenvalue weighted by Crippen LogP contribution is 2.47. The number of rotatable bonds is 4. The Morgan fingerprint density at radius 3 is 2.80 bits per heavy atom. The molecule has 260 valence electrons. The molecule has 0 unspecified atom stereocenters. The maximum Gasteiger partial charge on any atom is 0.285 e. The largest absolute Gasteiger partial charge is 0.490 e. The van der Waals surface area contributed by atoms with Gasteiger partial charge in [0, 0.05) is 67.0 Å². The zero-order valence-corrected chi connectivity index (χ0v) is 30.2. The second kappa shape index (κ2) is 13.7. The fraction of sp³-hybridized carbons (Fsp3) is 0.487. The average molecular weight is 704 g/mol. The Kier molecular flexibility index (Phi) is 9.54. The van der Waals surface area contributed by atoms with Gasteiger partial charge in [0.05, 0.1) is 33.9 Å². The van der Waals surface area contributed by atoms with Crippen LogP contribution in [0.2, 0.25) is 5.02 Å². The highest BCUT2D eigenvalue weighted by Gasteiger charge is 2.44. The van der Waals surface area contributed by atoms with Crippen LogP contribution in [0.25, 0.3) is 0 Å². The Morgan fingerprint density at radius 2 is 2.04 bits per heavy atom. The number of benzene rings is 2. The molecule has 2 aromatic carbocycles. The van der Waals surface area contributed by atoms with Gasteiger partial charge in [-0.05, 0) is 104 Å². The van der Waals surface area contributed by atoms with E-state index in [9.17, 15) is 13.8 Å². The number of carbonyl (C=O) groups is 2. The number of hydrogen-bond donors (Lipinski definition) is 0. The molecule has 8 nitrogen and oxygen atoms in total. The number of ether oxygens (including phenoxy) is 2. The van der Waals surface area contributed by atoms with Crippen LogP contribution in [0.15, 0.2) is 71.4 Å². The number of aromatic nitrogens is 1. The minimum absolute atomic E-state index is 0.0327. The fourth-order valence-electron chi connectivity index (χ4n) is 8.43. The Balaban J connectivity index is 1.31. The van der Waals surface area contributed by atoms with Gasteiger partial charge in [-0.3, -0.25) is 9.59 Å². The van der Waals surface area contributed by atoms with E-state index in [1.54, 1.807) is 36.2 Å². The maximum absolute atomic E-state index is 14.5. The number of aryl methyl sites for hydroxylation is 2. The number of halogens is 1. The van der Waals surface area contributed by atoms with Gasteiger partial charge in [0.2, 0.25) is 0 Å². The molecule has 1 amide bonds. The van der Waals surface area contributed by atoms with Crippen molar-refractivity contribution in [2.45, 2.75) is 57.0 Å². The SMILES string of the molecule is CO[C@H]1/C=C/C[C@H](C)C[S@@](=O)(CC(=O)c2ccn(C)c2)=NC(=O)c2ccc3c(c2)N(C[C@@H]2CC[C@H]21)C[C@@]1(CCCc2cc(Cl)ccc21)CO3. The van der Waals surface area contributed by atoms with Crippen molar-refractivity contribution in [2.24, 2.45) is 29.2 Å². The summed E-state index contributed by atoms with van der Waals surface area (Å²) in [4.78, 5) is 29.7. The zero-order chi connectivity index (χ0) is 34.3. The lowest BCUT2D eigenvalue weighted by Crippen LogP contribution is -2.49. The molecular formula is C39H46ClN3O5S. The van der Waals surface area contributed by atoms with Gasteiger partial charge >= 0.3 is 0 Å². The Hall–Kier alpha value is -3.40. The molecular weight excluding hydrogens is 658 g/mol. The first-order valence-corrected chi connectivity index (χ1v) is 19.7. The van der Waals surface area contributed by atoms with Crippen molar-refractivity contribution in [3.8, 4) is 5.75 Å². The molecule has 0 radical (unpaired) electrons. The molecule has 2 aliphatic carbocycles. The van der Waals surface area contributed by atoms with Crippen molar-refractivity contribution >= 4 is 38.7 Å². The topological polar surface area (TPSA) is 90.2 Å². The van der Waals surface area contributed by atoms with Crippen molar-refractivity contribution in [3.63, 3.8) is 0 Å². The molecule has 1 saturated carbocycles. The van der Waals surface area contributed by atoms with Gasteiger partial charge in [-0.1, -0.05) is 36.7 Å². The van der Waals surface area contributed by atoms with Crippen LogP contribution in [0.4, 0.5) is 5.69 Å². The lowest BCUT2D eigenvalue weighted by molar-refractivity contribution is 0.0131. The minimum Gasteiger partial charge on any atom is -0.490 e. The molecule has 10 heteroatoms. The zero-order valence-electron chi connectivity index (χ0n) is 28.6. The summed E-state index contributed by atoms with van der Waals surface area (Å²) in [6.45, 7) is 4.05. The van der Waals surface area contributed by atoms with Crippen molar-refractivity contribution in [1.29, 1.82) is 0 Å². The Morgan fingerprint density at radius 1 is 1.18 bits per heavy atom. The number of carbonyl (C=O) groups excluding carboxylic acids is 2. The molecule has 49 heavy (non-hydrogen) atoms. The number of methoxy groups -OCH3 is 1. The van der Waals surface area contributed by atoms with Gasteiger partial charge < -0.3 is 18.9 Å². The molecule has 2 aliphatic heterocycles. The standard InChI is InChI=1S/C39H46ClN3O5S/c1-26-6-4-8-36(47-3)32-12-9-29(32)21-43-24-39(16-5-7-27-18-31(40)11-13-33(27)39)25-48-37-14-10-28(19-34(37)43)38(45)41-49(46,22-26)23-35(44)30-15-17-42(2)20-30/h4,8,10-11,13-15,17-20,26,29,32,36H,5-7,9,12,16,21-25H2,1-3H3/b8-4+/t26-,29-,32+,36-,39-,49+/m0/s1. The van der Waals surface area contributed by atoms with Crippen LogP contribution in [0.5, 0.6) is 5.75 Å². The molecule has 3 aromatic rings. The summed E-state index contributed by atoms with van der Waals surface area (Å²) in [7, 11) is 0.375. The molecule has 3 heterocycles. The molecule has 6 atom stereocenters. The third-order valence-electron chi connectivity index (χ3n) is 11.1. The van der Waals surface area contributed by atoms with Crippen molar-refractivity contribution < 1.29 is 23.3 Å². The Labute approximate surface area is 295 Å². The number of hydrogen-bond acceptors (Lipinski definition) is 6. The van der Waals surface area contributed by atoms with Crippen LogP contribution >= 0.6 is 11.6 Å². The number of fused-ring (bicyclic) bond motifs is 4. The summed E-state index contributed by atoms with van der Waals surface area (Å²) in [5, 5.41) is 0.748. The molecule has 0 N–H and O–H groups in total. The Bertz CT molecular complexity index is 1910. The highest BCUT2D eigenvalue weighted by molar-refractivity contribution is 7.94.